The number of carbonyl (C=O) groups excluding carboxylic acids is 2. The van der Waals surface area contributed by atoms with Crippen LogP contribution in [-0.4, -0.2) is 27.5 Å². The van der Waals surface area contributed by atoms with Gasteiger partial charge in [-0.05, 0) is 50.3 Å². The minimum Gasteiger partial charge on any atom is -0.326 e. The maximum Gasteiger partial charge on any atom is 0.425 e. The van der Waals surface area contributed by atoms with Crippen molar-refractivity contribution in [3.63, 3.8) is 0 Å². The number of nitrogens with zero attached hydrogens (tertiary/aromatic N) is 1. The van der Waals surface area contributed by atoms with Gasteiger partial charge in [0.25, 0.3) is 22.9 Å². The minimum atomic E-state index is -5.34. The summed E-state index contributed by atoms with van der Waals surface area (Å²) >= 11 is 5.17. The van der Waals surface area contributed by atoms with Crippen LogP contribution < -0.4 is 16.2 Å². The van der Waals surface area contributed by atoms with Crippen LogP contribution >= 0.6 is 12.2 Å². The zero-order valence-corrected chi connectivity index (χ0v) is 18.1. The van der Waals surface area contributed by atoms with E-state index in [1.165, 1.54) is 12.1 Å². The van der Waals surface area contributed by atoms with Crippen molar-refractivity contribution in [3.8, 4) is 5.69 Å². The number of aromatic nitrogens is 2. The van der Waals surface area contributed by atoms with Crippen molar-refractivity contribution in [2.24, 2.45) is 0 Å². The lowest BCUT2D eigenvalue weighted by Crippen LogP contribution is -2.61. The molecule has 0 saturated heterocycles. The fraction of sp³-hybridized carbons (Fsp3) is 0.182. The molecule has 3 aromatic rings. The number of benzene rings is 2. The number of hydrogen-bond acceptors (Lipinski definition) is 4. The van der Waals surface area contributed by atoms with E-state index in [-0.39, 0.29) is 10.3 Å². The van der Waals surface area contributed by atoms with Gasteiger partial charge in [0.2, 0.25) is 0 Å². The van der Waals surface area contributed by atoms with E-state index in [0.717, 1.165) is 15.7 Å². The Balaban J connectivity index is 1.96. The molecule has 2 heterocycles. The minimum absolute atomic E-state index is 0.104. The Kier molecular flexibility index (Phi) is 5.24. The molecule has 33 heavy (non-hydrogen) atoms. The van der Waals surface area contributed by atoms with Gasteiger partial charge in [-0.3, -0.25) is 23.9 Å². The molecule has 11 heteroatoms. The average molecular weight is 474 g/mol. The van der Waals surface area contributed by atoms with Gasteiger partial charge in [-0.2, -0.15) is 13.2 Å². The molecule has 2 amide bonds. The summed E-state index contributed by atoms with van der Waals surface area (Å²) in [5.41, 5.74) is -3.96. The Morgan fingerprint density at radius 1 is 1.00 bits per heavy atom. The number of fused-ring (bicyclic) bond motifs is 1. The Hall–Kier alpha value is -3.73. The highest BCUT2D eigenvalue weighted by Crippen LogP contribution is 2.46. The molecule has 0 saturated carbocycles. The molecular formula is C22H17F3N4O3S. The number of hydrogen-bond donors (Lipinski definition) is 3. The smallest absolute Gasteiger partial charge is 0.326 e. The first-order valence-corrected chi connectivity index (χ1v) is 10.1. The molecular weight excluding hydrogens is 457 g/mol. The number of H-pyrrole nitrogens is 1. The highest BCUT2D eigenvalue weighted by Gasteiger charge is 2.68. The first-order valence-electron chi connectivity index (χ1n) is 9.70. The summed E-state index contributed by atoms with van der Waals surface area (Å²) < 4.78 is 44.4. The van der Waals surface area contributed by atoms with Gasteiger partial charge in [0, 0.05) is 11.3 Å². The van der Waals surface area contributed by atoms with Crippen LogP contribution in [0.25, 0.3) is 5.69 Å². The molecule has 0 bridgehead atoms. The number of alkyl halides is 3. The summed E-state index contributed by atoms with van der Waals surface area (Å²) in [6.45, 7) is 3.56. The monoisotopic (exact) mass is 474 g/mol. The summed E-state index contributed by atoms with van der Waals surface area (Å²) in [5.74, 6) is -3.24. The number of aryl methyl sites for hydroxylation is 2. The molecule has 1 aromatic heterocycles. The predicted molar refractivity (Wildman–Crippen MR) is 117 cm³/mol. The first-order chi connectivity index (χ1) is 15.5. The molecule has 0 radical (unpaired) electrons. The van der Waals surface area contributed by atoms with Crippen LogP contribution in [0.4, 0.5) is 19.0 Å². The van der Waals surface area contributed by atoms with Crippen molar-refractivity contribution >= 4 is 29.9 Å². The summed E-state index contributed by atoms with van der Waals surface area (Å²) in [7, 11) is 0. The van der Waals surface area contributed by atoms with Crippen LogP contribution in [-0.2, 0) is 10.3 Å². The zero-order chi connectivity index (χ0) is 24.1. The predicted octanol–water partition coefficient (Wildman–Crippen LogP) is 3.65. The van der Waals surface area contributed by atoms with Gasteiger partial charge in [0.1, 0.15) is 11.4 Å². The number of rotatable bonds is 3. The third-order valence-electron chi connectivity index (χ3n) is 5.39. The quantitative estimate of drug-likeness (QED) is 0.505. The second kappa shape index (κ2) is 7.69. The van der Waals surface area contributed by atoms with E-state index in [0.29, 0.717) is 5.69 Å². The Labute approximate surface area is 190 Å². The van der Waals surface area contributed by atoms with Crippen molar-refractivity contribution in [3.05, 3.63) is 85.9 Å². The lowest BCUT2D eigenvalue weighted by atomic mass is 9.91. The maximum absolute atomic E-state index is 14.5. The summed E-state index contributed by atoms with van der Waals surface area (Å²) in [6.07, 6.45) is -5.34. The van der Waals surface area contributed by atoms with E-state index in [2.05, 4.69) is 10.3 Å². The summed E-state index contributed by atoms with van der Waals surface area (Å²) in [6, 6.07) is 12.3. The van der Waals surface area contributed by atoms with Gasteiger partial charge < -0.3 is 10.6 Å². The van der Waals surface area contributed by atoms with Gasteiger partial charge in [0.15, 0.2) is 4.77 Å². The number of carbonyl (C=O) groups is 2. The van der Waals surface area contributed by atoms with Gasteiger partial charge in [-0.15, -0.1) is 0 Å². The second-order valence-corrected chi connectivity index (χ2v) is 8.06. The molecule has 1 atom stereocenters. The van der Waals surface area contributed by atoms with Crippen LogP contribution in [0.15, 0.2) is 53.3 Å². The van der Waals surface area contributed by atoms with E-state index in [1.54, 1.807) is 48.6 Å². The van der Waals surface area contributed by atoms with Gasteiger partial charge in [-0.25, -0.2) is 0 Å². The number of nitrogens with one attached hydrogen (secondary N) is 3. The summed E-state index contributed by atoms with van der Waals surface area (Å²) in [5, 5.41) is 3.91. The molecule has 0 unspecified atom stereocenters. The van der Waals surface area contributed by atoms with Crippen LogP contribution in [0.2, 0.25) is 0 Å². The topological polar surface area (TPSA) is 96.0 Å². The average Bonchev–Trinajstić information content (AvgIpc) is 3.03. The molecule has 2 aromatic carbocycles. The fourth-order valence-corrected chi connectivity index (χ4v) is 3.96. The molecule has 1 aliphatic heterocycles. The SMILES string of the molecule is Cc1ccc(C(=O)N[C@@]2(C(F)(F)F)C(=O)Nc3c2c(=O)[nH]c(=S)n3-c2ccc(C)cc2)cc1. The van der Waals surface area contributed by atoms with Crippen LogP contribution in [0.1, 0.15) is 27.0 Å². The number of halogens is 3. The Morgan fingerprint density at radius 3 is 2.09 bits per heavy atom. The number of amides is 2. The van der Waals surface area contributed by atoms with Crippen molar-refractivity contribution in [2.45, 2.75) is 25.6 Å². The van der Waals surface area contributed by atoms with Crippen molar-refractivity contribution in [1.29, 1.82) is 0 Å². The zero-order valence-electron chi connectivity index (χ0n) is 17.3. The molecule has 0 aliphatic carbocycles. The Morgan fingerprint density at radius 2 is 1.55 bits per heavy atom. The first kappa shape index (κ1) is 22.5. The lowest BCUT2D eigenvalue weighted by Gasteiger charge is -2.30. The molecule has 0 spiro atoms. The van der Waals surface area contributed by atoms with Crippen LogP contribution in [0.3, 0.4) is 0 Å². The van der Waals surface area contributed by atoms with Gasteiger partial charge in [0.05, 0.1) is 0 Å². The van der Waals surface area contributed by atoms with Crippen molar-refractivity contribution < 1.29 is 22.8 Å². The molecule has 7 nitrogen and oxygen atoms in total. The highest BCUT2D eigenvalue weighted by molar-refractivity contribution is 7.71. The van der Waals surface area contributed by atoms with E-state index in [4.69, 9.17) is 12.2 Å². The third-order valence-corrected chi connectivity index (χ3v) is 5.68. The van der Waals surface area contributed by atoms with Crippen molar-refractivity contribution in [1.82, 2.24) is 14.9 Å². The molecule has 1 aliphatic rings. The van der Waals surface area contributed by atoms with E-state index >= 15 is 0 Å². The van der Waals surface area contributed by atoms with Gasteiger partial charge in [-0.1, -0.05) is 35.4 Å². The standard InChI is InChI=1S/C22H17F3N4O3S/c1-11-3-7-13(8-4-11)17(30)28-21(22(23,24)25)15-16(26-19(21)32)29(20(33)27-18(15)31)14-9-5-12(2)6-10-14/h3-10H,1-2H3,(H,26,32)(H,28,30)(H,27,31,33)/t21-/m1/s1. The maximum atomic E-state index is 14.5. The van der Waals surface area contributed by atoms with E-state index in [9.17, 15) is 27.6 Å². The third kappa shape index (κ3) is 3.54. The lowest BCUT2D eigenvalue weighted by molar-refractivity contribution is -0.196. The molecule has 170 valence electrons. The van der Waals surface area contributed by atoms with Crippen LogP contribution in [0.5, 0.6) is 0 Å². The highest BCUT2D eigenvalue weighted by atomic mass is 32.1. The van der Waals surface area contributed by atoms with Crippen molar-refractivity contribution in [2.75, 3.05) is 5.32 Å². The Bertz CT molecular complexity index is 1390. The summed E-state index contributed by atoms with van der Waals surface area (Å²) in [4.78, 5) is 40.6. The normalized spacial score (nSPS) is 17.4. The molecule has 4 rings (SSSR count). The molecule has 3 N–H and O–H groups in total. The van der Waals surface area contributed by atoms with Gasteiger partial charge >= 0.3 is 6.18 Å². The second-order valence-electron chi connectivity index (χ2n) is 7.68. The fourth-order valence-electron chi connectivity index (χ4n) is 3.67. The van der Waals surface area contributed by atoms with E-state index < -0.39 is 40.5 Å². The largest absolute Gasteiger partial charge is 0.425 e. The number of aromatic amines is 1. The van der Waals surface area contributed by atoms with Crippen LogP contribution in [0, 0.1) is 18.6 Å². The van der Waals surface area contributed by atoms with E-state index in [1.807, 2.05) is 6.92 Å². The molecule has 0 fully saturated rings. The number of anilines is 1.